The van der Waals surface area contributed by atoms with Crippen LogP contribution in [0.3, 0.4) is 0 Å². The maximum atomic E-state index is 13.2. The second-order valence-electron chi connectivity index (χ2n) is 5.27. The van der Waals surface area contributed by atoms with Crippen LogP contribution in [0.25, 0.3) is 0 Å². The first-order valence-corrected chi connectivity index (χ1v) is 8.14. The Morgan fingerprint density at radius 2 is 1.32 bits per heavy atom. The van der Waals surface area contributed by atoms with Crippen LogP contribution in [0.2, 0.25) is 0 Å². The van der Waals surface area contributed by atoms with Gasteiger partial charge in [0.05, 0.1) is 5.25 Å². The fourth-order valence-electron chi connectivity index (χ4n) is 2.35. The Morgan fingerprint density at radius 3 is 1.95 bits per heavy atom. The van der Waals surface area contributed by atoms with Gasteiger partial charge in [-0.2, -0.15) is 0 Å². The van der Waals surface area contributed by atoms with Crippen molar-refractivity contribution < 1.29 is 4.39 Å². The molecule has 0 aliphatic carbocycles. The first-order chi connectivity index (χ1) is 10.7. The fourth-order valence-corrected chi connectivity index (χ4v) is 3.50. The van der Waals surface area contributed by atoms with Crippen LogP contribution in [0.15, 0.2) is 83.8 Å². The molecule has 22 heavy (non-hydrogen) atoms. The molecule has 0 N–H and O–H groups in total. The molecule has 3 aromatic carbocycles. The van der Waals surface area contributed by atoms with Gasteiger partial charge in [-0.05, 0) is 42.3 Å². The normalized spacial score (nSPS) is 12.1. The SMILES string of the molecule is Cc1ccc(S[C@H](c2ccccc2)c2ccc(F)cc2)cc1. The number of benzene rings is 3. The highest BCUT2D eigenvalue weighted by molar-refractivity contribution is 7.99. The highest BCUT2D eigenvalue weighted by Gasteiger charge is 2.15. The number of thioether (sulfide) groups is 1. The van der Waals surface area contributed by atoms with E-state index < -0.39 is 0 Å². The molecule has 0 saturated heterocycles. The molecule has 2 heteroatoms. The van der Waals surface area contributed by atoms with E-state index in [1.165, 1.54) is 28.2 Å². The summed E-state index contributed by atoms with van der Waals surface area (Å²) in [6.45, 7) is 2.09. The Hall–Kier alpha value is -2.06. The zero-order chi connectivity index (χ0) is 15.4. The summed E-state index contributed by atoms with van der Waals surface area (Å²) in [7, 11) is 0. The molecule has 0 nitrogen and oxygen atoms in total. The Balaban J connectivity index is 1.96. The highest BCUT2D eigenvalue weighted by atomic mass is 32.2. The van der Waals surface area contributed by atoms with Gasteiger partial charge in [0, 0.05) is 4.90 Å². The Labute approximate surface area is 135 Å². The minimum Gasteiger partial charge on any atom is -0.207 e. The number of hydrogen-bond donors (Lipinski definition) is 0. The summed E-state index contributed by atoms with van der Waals surface area (Å²) >= 11 is 1.79. The maximum Gasteiger partial charge on any atom is 0.123 e. The van der Waals surface area contributed by atoms with Crippen molar-refractivity contribution in [3.63, 3.8) is 0 Å². The topological polar surface area (TPSA) is 0 Å². The predicted molar refractivity (Wildman–Crippen MR) is 91.7 cm³/mol. The summed E-state index contributed by atoms with van der Waals surface area (Å²) in [6, 6.07) is 25.7. The van der Waals surface area contributed by atoms with Crippen LogP contribution in [0.1, 0.15) is 21.9 Å². The lowest BCUT2D eigenvalue weighted by Gasteiger charge is -2.18. The second kappa shape index (κ2) is 6.80. The quantitative estimate of drug-likeness (QED) is 0.531. The second-order valence-corrected chi connectivity index (χ2v) is 6.45. The molecule has 0 aliphatic rings. The Bertz CT molecular complexity index is 718. The molecule has 3 aromatic rings. The molecule has 0 saturated carbocycles. The molecule has 0 unspecified atom stereocenters. The largest absolute Gasteiger partial charge is 0.207 e. The summed E-state index contributed by atoms with van der Waals surface area (Å²) in [5, 5.41) is 0.157. The number of aryl methyl sites for hydroxylation is 1. The van der Waals surface area contributed by atoms with Crippen LogP contribution in [-0.2, 0) is 0 Å². The van der Waals surface area contributed by atoms with Crippen molar-refractivity contribution >= 4 is 11.8 Å². The van der Waals surface area contributed by atoms with E-state index in [9.17, 15) is 4.39 Å². The van der Waals surface area contributed by atoms with Crippen LogP contribution < -0.4 is 0 Å². The molecule has 0 spiro atoms. The van der Waals surface area contributed by atoms with Crippen molar-refractivity contribution in [2.75, 3.05) is 0 Å². The average Bonchev–Trinajstić information content (AvgIpc) is 2.56. The van der Waals surface area contributed by atoms with E-state index in [0.717, 1.165) is 5.56 Å². The van der Waals surface area contributed by atoms with Crippen LogP contribution in [0.5, 0.6) is 0 Å². The van der Waals surface area contributed by atoms with Crippen molar-refractivity contribution in [1.29, 1.82) is 0 Å². The Kier molecular flexibility index (Phi) is 4.59. The Morgan fingerprint density at radius 1 is 0.727 bits per heavy atom. The average molecular weight is 308 g/mol. The first-order valence-electron chi connectivity index (χ1n) is 7.26. The lowest BCUT2D eigenvalue weighted by molar-refractivity contribution is 0.627. The van der Waals surface area contributed by atoms with Gasteiger partial charge in [0.1, 0.15) is 5.82 Å². The number of halogens is 1. The van der Waals surface area contributed by atoms with Gasteiger partial charge in [-0.15, -0.1) is 11.8 Å². The molecule has 1 atom stereocenters. The minimum atomic E-state index is -0.198. The van der Waals surface area contributed by atoms with Gasteiger partial charge in [-0.25, -0.2) is 4.39 Å². The molecule has 3 rings (SSSR count). The third-order valence-corrected chi connectivity index (χ3v) is 4.87. The van der Waals surface area contributed by atoms with Crippen LogP contribution in [0, 0.1) is 12.7 Å². The zero-order valence-corrected chi connectivity index (χ0v) is 13.2. The molecule has 0 radical (unpaired) electrons. The summed E-state index contributed by atoms with van der Waals surface area (Å²) in [5.74, 6) is -0.198. The van der Waals surface area contributed by atoms with Gasteiger partial charge in [-0.1, -0.05) is 60.2 Å². The molecule has 0 heterocycles. The van der Waals surface area contributed by atoms with Crippen molar-refractivity contribution in [3.8, 4) is 0 Å². The molecule has 0 fully saturated rings. The van der Waals surface area contributed by atoms with E-state index >= 15 is 0 Å². The van der Waals surface area contributed by atoms with Crippen molar-refractivity contribution in [1.82, 2.24) is 0 Å². The van der Waals surface area contributed by atoms with E-state index in [2.05, 4.69) is 43.3 Å². The number of hydrogen-bond acceptors (Lipinski definition) is 1. The van der Waals surface area contributed by atoms with E-state index in [1.54, 1.807) is 11.8 Å². The van der Waals surface area contributed by atoms with Gasteiger partial charge in [0.15, 0.2) is 0 Å². The van der Waals surface area contributed by atoms with Crippen LogP contribution >= 0.6 is 11.8 Å². The summed E-state index contributed by atoms with van der Waals surface area (Å²) in [5.41, 5.74) is 3.58. The molecule has 0 aromatic heterocycles. The van der Waals surface area contributed by atoms with E-state index in [1.807, 2.05) is 30.3 Å². The smallest absolute Gasteiger partial charge is 0.123 e. The monoisotopic (exact) mass is 308 g/mol. The molecule has 0 amide bonds. The van der Waals surface area contributed by atoms with Gasteiger partial charge >= 0.3 is 0 Å². The molecule has 0 bridgehead atoms. The third kappa shape index (κ3) is 3.58. The van der Waals surface area contributed by atoms with E-state index in [0.29, 0.717) is 0 Å². The lowest BCUT2D eigenvalue weighted by Crippen LogP contribution is -1.97. The summed E-state index contributed by atoms with van der Waals surface area (Å²) < 4.78 is 13.2. The van der Waals surface area contributed by atoms with Gasteiger partial charge in [0.2, 0.25) is 0 Å². The van der Waals surface area contributed by atoms with Crippen LogP contribution in [0.4, 0.5) is 4.39 Å². The molecular formula is C20H17FS. The molecule has 110 valence electrons. The summed E-state index contributed by atoms with van der Waals surface area (Å²) in [4.78, 5) is 1.21. The zero-order valence-electron chi connectivity index (χ0n) is 12.4. The van der Waals surface area contributed by atoms with Gasteiger partial charge in [0.25, 0.3) is 0 Å². The van der Waals surface area contributed by atoms with E-state index in [4.69, 9.17) is 0 Å². The summed E-state index contributed by atoms with van der Waals surface area (Å²) in [6.07, 6.45) is 0. The predicted octanol–water partition coefficient (Wildman–Crippen LogP) is 6.02. The maximum absolute atomic E-state index is 13.2. The van der Waals surface area contributed by atoms with E-state index in [-0.39, 0.29) is 11.1 Å². The molecular weight excluding hydrogens is 291 g/mol. The molecule has 0 aliphatic heterocycles. The van der Waals surface area contributed by atoms with Gasteiger partial charge < -0.3 is 0 Å². The highest BCUT2D eigenvalue weighted by Crippen LogP contribution is 2.40. The fraction of sp³-hybridized carbons (Fsp3) is 0.100. The van der Waals surface area contributed by atoms with Crippen molar-refractivity contribution in [2.24, 2.45) is 0 Å². The standard InChI is InChI=1S/C20H17FS/c1-15-7-13-19(14-8-15)22-20(16-5-3-2-4-6-16)17-9-11-18(21)12-10-17/h2-14,20H,1H3/t20-/m1/s1. The van der Waals surface area contributed by atoms with Crippen molar-refractivity contribution in [3.05, 3.63) is 101 Å². The number of rotatable bonds is 4. The lowest BCUT2D eigenvalue weighted by atomic mass is 10.0. The van der Waals surface area contributed by atoms with Gasteiger partial charge in [-0.3, -0.25) is 0 Å². The minimum absolute atomic E-state index is 0.157. The first kappa shape index (κ1) is 14.9. The third-order valence-electron chi connectivity index (χ3n) is 3.55. The van der Waals surface area contributed by atoms with Crippen LogP contribution in [-0.4, -0.2) is 0 Å². The van der Waals surface area contributed by atoms with Crippen molar-refractivity contribution in [2.45, 2.75) is 17.1 Å².